The van der Waals surface area contributed by atoms with E-state index in [-0.39, 0.29) is 24.2 Å². The molecule has 30 heavy (non-hydrogen) atoms. The van der Waals surface area contributed by atoms with Gasteiger partial charge in [-0.1, -0.05) is 36.4 Å². The van der Waals surface area contributed by atoms with Gasteiger partial charge >= 0.3 is 0 Å². The van der Waals surface area contributed by atoms with Gasteiger partial charge in [0.1, 0.15) is 11.9 Å². The van der Waals surface area contributed by atoms with Crippen LogP contribution >= 0.6 is 0 Å². The number of rotatable bonds is 7. The Kier molecular flexibility index (Phi) is 5.79. The average Bonchev–Trinajstić information content (AvgIpc) is 3.27. The molecule has 1 aromatic heterocycles. The van der Waals surface area contributed by atoms with Crippen molar-refractivity contribution in [2.45, 2.75) is 45.3 Å². The first-order valence-corrected chi connectivity index (χ1v) is 10.3. The fourth-order valence-corrected chi connectivity index (χ4v) is 4.00. The standard InChI is InChI=1S/C23H25FN4O2/c1-16-18-8-3-5-10-20(18)26-28(16)14-6-13-25-23(30)21-11-12-22(29)27(21)15-17-7-2-4-9-19(17)24/h2-5,7-10,21H,6,11-15H2,1H3,(H,25,30). The molecule has 1 aliphatic heterocycles. The Morgan fingerprint density at radius 1 is 1.20 bits per heavy atom. The number of hydrogen-bond acceptors (Lipinski definition) is 3. The maximum absolute atomic E-state index is 14.0. The van der Waals surface area contributed by atoms with Crippen molar-refractivity contribution >= 4 is 22.7 Å². The number of carbonyl (C=O) groups excluding carboxylic acids is 2. The molecule has 1 unspecified atom stereocenters. The predicted octanol–water partition coefficient (Wildman–Crippen LogP) is 3.18. The zero-order valence-electron chi connectivity index (χ0n) is 17.0. The summed E-state index contributed by atoms with van der Waals surface area (Å²) in [6, 6.07) is 13.8. The highest BCUT2D eigenvalue weighted by atomic mass is 19.1. The summed E-state index contributed by atoms with van der Waals surface area (Å²) in [4.78, 5) is 26.4. The van der Waals surface area contributed by atoms with E-state index in [4.69, 9.17) is 0 Å². The topological polar surface area (TPSA) is 67.2 Å². The van der Waals surface area contributed by atoms with E-state index >= 15 is 0 Å². The average molecular weight is 408 g/mol. The number of nitrogens with one attached hydrogen (secondary N) is 1. The summed E-state index contributed by atoms with van der Waals surface area (Å²) in [5, 5.41) is 8.66. The van der Waals surface area contributed by atoms with Crippen LogP contribution in [-0.2, 0) is 22.7 Å². The maximum atomic E-state index is 14.0. The van der Waals surface area contributed by atoms with Crippen molar-refractivity contribution < 1.29 is 14.0 Å². The van der Waals surface area contributed by atoms with Gasteiger partial charge in [0.2, 0.25) is 11.8 Å². The lowest BCUT2D eigenvalue weighted by Gasteiger charge is -2.24. The second-order valence-electron chi connectivity index (χ2n) is 7.64. The van der Waals surface area contributed by atoms with E-state index in [1.54, 1.807) is 18.2 Å². The second kappa shape index (κ2) is 8.65. The summed E-state index contributed by atoms with van der Waals surface area (Å²) in [6.07, 6.45) is 1.50. The van der Waals surface area contributed by atoms with Gasteiger partial charge in [0, 0.05) is 42.7 Å². The molecule has 0 bridgehead atoms. The largest absolute Gasteiger partial charge is 0.354 e. The summed E-state index contributed by atoms with van der Waals surface area (Å²) in [6.45, 7) is 3.34. The minimum absolute atomic E-state index is 0.114. The van der Waals surface area contributed by atoms with Crippen molar-refractivity contribution in [2.24, 2.45) is 0 Å². The second-order valence-corrected chi connectivity index (χ2v) is 7.64. The summed E-state index contributed by atoms with van der Waals surface area (Å²) in [5.41, 5.74) is 2.49. The lowest BCUT2D eigenvalue weighted by Crippen LogP contribution is -2.44. The summed E-state index contributed by atoms with van der Waals surface area (Å²) in [5.74, 6) is -0.657. The van der Waals surface area contributed by atoms with Crippen LogP contribution < -0.4 is 5.32 Å². The first-order valence-electron chi connectivity index (χ1n) is 10.3. The van der Waals surface area contributed by atoms with E-state index < -0.39 is 6.04 Å². The summed E-state index contributed by atoms with van der Waals surface area (Å²) in [7, 11) is 0. The Hall–Kier alpha value is -3.22. The van der Waals surface area contributed by atoms with Gasteiger partial charge in [0.15, 0.2) is 0 Å². The minimum atomic E-state index is -0.550. The highest BCUT2D eigenvalue weighted by Gasteiger charge is 2.36. The van der Waals surface area contributed by atoms with Crippen LogP contribution in [0.5, 0.6) is 0 Å². The lowest BCUT2D eigenvalue weighted by molar-refractivity contribution is -0.135. The van der Waals surface area contributed by atoms with Gasteiger partial charge in [-0.15, -0.1) is 0 Å². The third-order valence-corrected chi connectivity index (χ3v) is 5.68. The van der Waals surface area contributed by atoms with Crippen LogP contribution in [0.1, 0.15) is 30.5 Å². The molecule has 2 amide bonds. The van der Waals surface area contributed by atoms with Crippen LogP contribution in [0.25, 0.3) is 10.9 Å². The van der Waals surface area contributed by atoms with E-state index in [1.807, 2.05) is 29.8 Å². The number of fused-ring (bicyclic) bond motifs is 1. The molecule has 1 aliphatic rings. The predicted molar refractivity (Wildman–Crippen MR) is 112 cm³/mol. The van der Waals surface area contributed by atoms with Crippen molar-refractivity contribution in [1.82, 2.24) is 20.0 Å². The van der Waals surface area contributed by atoms with Crippen molar-refractivity contribution in [3.63, 3.8) is 0 Å². The highest BCUT2D eigenvalue weighted by Crippen LogP contribution is 2.23. The molecule has 6 nitrogen and oxygen atoms in total. The third-order valence-electron chi connectivity index (χ3n) is 5.68. The number of carbonyl (C=O) groups is 2. The molecule has 1 N–H and O–H groups in total. The summed E-state index contributed by atoms with van der Waals surface area (Å²) >= 11 is 0. The van der Waals surface area contributed by atoms with Crippen molar-refractivity contribution in [2.75, 3.05) is 6.54 Å². The van der Waals surface area contributed by atoms with Crippen molar-refractivity contribution in [1.29, 1.82) is 0 Å². The number of benzene rings is 2. The number of amides is 2. The highest BCUT2D eigenvalue weighted by molar-refractivity contribution is 5.90. The molecule has 0 aliphatic carbocycles. The Morgan fingerprint density at radius 2 is 1.97 bits per heavy atom. The number of halogens is 1. The number of hydrogen-bond donors (Lipinski definition) is 1. The number of aromatic nitrogens is 2. The van der Waals surface area contributed by atoms with Gasteiger partial charge < -0.3 is 10.2 Å². The van der Waals surface area contributed by atoms with Gasteiger partial charge in [-0.2, -0.15) is 5.10 Å². The van der Waals surface area contributed by atoms with Gasteiger partial charge in [0.05, 0.1) is 5.52 Å². The first-order chi connectivity index (χ1) is 14.5. The van der Waals surface area contributed by atoms with Crippen LogP contribution in [0.4, 0.5) is 4.39 Å². The molecule has 3 aromatic rings. The van der Waals surface area contributed by atoms with E-state index in [0.717, 1.165) is 23.0 Å². The van der Waals surface area contributed by atoms with Crippen molar-refractivity contribution in [3.05, 3.63) is 65.6 Å². The van der Waals surface area contributed by atoms with Crippen LogP contribution in [-0.4, -0.2) is 39.1 Å². The summed E-state index contributed by atoms with van der Waals surface area (Å²) < 4.78 is 15.9. The normalized spacial score (nSPS) is 16.4. The minimum Gasteiger partial charge on any atom is -0.354 e. The van der Waals surface area contributed by atoms with Gasteiger partial charge in [-0.3, -0.25) is 14.3 Å². The quantitative estimate of drug-likeness (QED) is 0.611. The molecule has 1 fully saturated rings. The molecular formula is C23H25FN4O2. The molecule has 156 valence electrons. The van der Waals surface area contributed by atoms with Gasteiger partial charge in [-0.25, -0.2) is 4.39 Å². The van der Waals surface area contributed by atoms with E-state index in [1.165, 1.54) is 11.0 Å². The third kappa shape index (κ3) is 4.06. The molecule has 2 aromatic carbocycles. The SMILES string of the molecule is Cc1c2ccccc2nn1CCCNC(=O)C1CCC(=O)N1Cc1ccccc1F. The Morgan fingerprint density at radius 3 is 2.77 bits per heavy atom. The smallest absolute Gasteiger partial charge is 0.242 e. The molecule has 4 rings (SSSR count). The number of likely N-dealkylation sites (tertiary alicyclic amines) is 1. The molecule has 1 saturated heterocycles. The van der Waals surface area contributed by atoms with Gasteiger partial charge in [0.25, 0.3) is 0 Å². The molecule has 2 heterocycles. The zero-order chi connectivity index (χ0) is 21.1. The number of aryl methyl sites for hydroxylation is 2. The molecule has 1 atom stereocenters. The zero-order valence-corrected chi connectivity index (χ0v) is 17.0. The fourth-order valence-electron chi connectivity index (χ4n) is 4.00. The monoisotopic (exact) mass is 408 g/mol. The van der Waals surface area contributed by atoms with E-state index in [0.29, 0.717) is 31.5 Å². The number of nitrogens with zero attached hydrogens (tertiary/aromatic N) is 3. The molecule has 0 radical (unpaired) electrons. The van der Waals surface area contributed by atoms with Crippen LogP contribution in [0.3, 0.4) is 0 Å². The van der Waals surface area contributed by atoms with E-state index in [2.05, 4.69) is 16.5 Å². The van der Waals surface area contributed by atoms with E-state index in [9.17, 15) is 14.0 Å². The molecule has 7 heteroatoms. The molecular weight excluding hydrogens is 383 g/mol. The van der Waals surface area contributed by atoms with Crippen LogP contribution in [0.15, 0.2) is 48.5 Å². The lowest BCUT2D eigenvalue weighted by atomic mass is 10.1. The Labute approximate surface area is 174 Å². The maximum Gasteiger partial charge on any atom is 0.242 e. The van der Waals surface area contributed by atoms with Gasteiger partial charge in [-0.05, 0) is 31.9 Å². The first kappa shape index (κ1) is 20.1. The fraction of sp³-hybridized carbons (Fsp3) is 0.348. The Balaban J connectivity index is 1.32. The van der Waals surface area contributed by atoms with Crippen molar-refractivity contribution in [3.8, 4) is 0 Å². The van der Waals surface area contributed by atoms with Crippen LogP contribution in [0, 0.1) is 12.7 Å². The molecule has 0 spiro atoms. The molecule has 0 saturated carbocycles. The van der Waals surface area contributed by atoms with Crippen LogP contribution in [0.2, 0.25) is 0 Å². The Bertz CT molecular complexity index is 1080.